The first kappa shape index (κ1) is 9.47. The van der Waals surface area contributed by atoms with E-state index >= 15 is 0 Å². The molecule has 3 aromatic heterocycles. The monoisotopic (exact) mass is 230 g/mol. The minimum Gasteiger partial charge on any atom is -0.304 e. The number of aryl methyl sites for hydroxylation is 2. The van der Waals surface area contributed by atoms with Crippen LogP contribution in [0.15, 0.2) is 24.8 Å². The van der Waals surface area contributed by atoms with Gasteiger partial charge in [0.25, 0.3) is 0 Å². The van der Waals surface area contributed by atoms with E-state index in [1.807, 2.05) is 23.7 Å². The van der Waals surface area contributed by atoms with Gasteiger partial charge in [-0.05, 0) is 13.8 Å². The van der Waals surface area contributed by atoms with Gasteiger partial charge >= 0.3 is 0 Å². The molecule has 0 radical (unpaired) electrons. The van der Waals surface area contributed by atoms with Gasteiger partial charge in [-0.15, -0.1) is 11.3 Å². The first-order valence-corrected chi connectivity index (χ1v) is 5.79. The Kier molecular flexibility index (Phi) is 2.00. The molecule has 0 N–H and O–H groups in total. The Labute approximate surface area is 96.6 Å². The van der Waals surface area contributed by atoms with Crippen LogP contribution >= 0.6 is 11.3 Å². The molecule has 0 spiro atoms. The number of hydrogen-bond donors (Lipinski definition) is 0. The number of thiazole rings is 1. The zero-order valence-electron chi connectivity index (χ0n) is 9.01. The largest absolute Gasteiger partial charge is 0.304 e. The van der Waals surface area contributed by atoms with E-state index in [4.69, 9.17) is 0 Å². The minimum absolute atomic E-state index is 0.850. The summed E-state index contributed by atoms with van der Waals surface area (Å²) in [5, 5.41) is 1.07. The molecule has 0 atom stereocenters. The van der Waals surface area contributed by atoms with E-state index < -0.39 is 0 Å². The third kappa shape index (κ3) is 1.40. The van der Waals surface area contributed by atoms with Crippen LogP contribution < -0.4 is 0 Å². The molecule has 80 valence electrons. The van der Waals surface area contributed by atoms with Crippen LogP contribution in [0.3, 0.4) is 0 Å². The summed E-state index contributed by atoms with van der Waals surface area (Å²) in [6.07, 6.45) is 7.37. The fraction of sp³-hybridized carbons (Fsp3) is 0.182. The molecule has 0 unspecified atom stereocenters. The molecular formula is C11H10N4S. The summed E-state index contributed by atoms with van der Waals surface area (Å²) in [7, 11) is 0. The molecule has 0 amide bonds. The number of nitrogens with zero attached hydrogens (tertiary/aromatic N) is 4. The zero-order chi connectivity index (χ0) is 11.1. The predicted octanol–water partition coefficient (Wildman–Crippen LogP) is 2.47. The third-order valence-electron chi connectivity index (χ3n) is 2.41. The second-order valence-electron chi connectivity index (χ2n) is 3.61. The number of rotatable bonds is 1. The van der Waals surface area contributed by atoms with Crippen molar-refractivity contribution in [1.82, 2.24) is 19.4 Å². The summed E-state index contributed by atoms with van der Waals surface area (Å²) < 4.78 is 1.95. The van der Waals surface area contributed by atoms with Gasteiger partial charge in [-0.25, -0.2) is 9.97 Å². The molecule has 3 rings (SSSR count). The second kappa shape index (κ2) is 3.38. The Morgan fingerprint density at radius 1 is 1.25 bits per heavy atom. The highest BCUT2D eigenvalue weighted by Gasteiger charge is 2.11. The lowest BCUT2D eigenvalue weighted by Crippen LogP contribution is -1.81. The van der Waals surface area contributed by atoms with Gasteiger partial charge < -0.3 is 4.40 Å². The molecule has 0 aliphatic heterocycles. The van der Waals surface area contributed by atoms with E-state index in [2.05, 4.69) is 21.9 Å². The van der Waals surface area contributed by atoms with Gasteiger partial charge in [0.05, 0.1) is 11.2 Å². The van der Waals surface area contributed by atoms with Gasteiger partial charge in [-0.3, -0.25) is 4.98 Å². The normalized spacial score (nSPS) is 11.1. The lowest BCUT2D eigenvalue weighted by Gasteiger charge is -1.89. The zero-order valence-corrected chi connectivity index (χ0v) is 9.82. The molecule has 5 heteroatoms. The maximum atomic E-state index is 4.50. The van der Waals surface area contributed by atoms with Crippen molar-refractivity contribution in [3.05, 3.63) is 34.7 Å². The molecule has 3 aromatic rings. The van der Waals surface area contributed by atoms with Crippen molar-refractivity contribution in [2.45, 2.75) is 13.8 Å². The van der Waals surface area contributed by atoms with Crippen molar-refractivity contribution in [1.29, 1.82) is 0 Å². The summed E-state index contributed by atoms with van der Waals surface area (Å²) in [6.45, 7) is 4.08. The van der Waals surface area contributed by atoms with E-state index in [0.717, 1.165) is 22.0 Å². The van der Waals surface area contributed by atoms with Gasteiger partial charge in [-0.2, -0.15) is 0 Å². The lowest BCUT2D eigenvalue weighted by molar-refractivity contribution is 1.13. The maximum Gasteiger partial charge on any atom is 0.156 e. The van der Waals surface area contributed by atoms with Gasteiger partial charge in [0.15, 0.2) is 5.65 Å². The Balaban J connectivity index is 2.22. The standard InChI is InChI=1S/C11H10N4S/c1-7-11(13-8(2)16-7)9-6-15-4-3-12-5-10(15)14-9/h3-6H,1-2H3. The molecule has 0 saturated carbocycles. The van der Waals surface area contributed by atoms with Crippen LogP contribution in [0.1, 0.15) is 9.88 Å². The predicted molar refractivity (Wildman–Crippen MR) is 63.6 cm³/mol. The molecule has 0 aliphatic rings. The molecule has 16 heavy (non-hydrogen) atoms. The van der Waals surface area contributed by atoms with Crippen LogP contribution in [-0.4, -0.2) is 19.4 Å². The highest BCUT2D eigenvalue weighted by Crippen LogP contribution is 2.26. The Morgan fingerprint density at radius 3 is 2.81 bits per heavy atom. The van der Waals surface area contributed by atoms with Gasteiger partial charge in [0, 0.05) is 23.5 Å². The van der Waals surface area contributed by atoms with E-state index in [-0.39, 0.29) is 0 Å². The first-order chi connectivity index (χ1) is 7.74. The van der Waals surface area contributed by atoms with Crippen LogP contribution in [0.5, 0.6) is 0 Å². The average molecular weight is 230 g/mol. The Hall–Kier alpha value is -1.75. The lowest BCUT2D eigenvalue weighted by atomic mass is 10.3. The van der Waals surface area contributed by atoms with Gasteiger partial charge in [0.2, 0.25) is 0 Å². The molecule has 3 heterocycles. The number of imidazole rings is 1. The Morgan fingerprint density at radius 2 is 2.12 bits per heavy atom. The second-order valence-corrected chi connectivity index (χ2v) is 5.01. The molecular weight excluding hydrogens is 220 g/mol. The SMILES string of the molecule is Cc1nc(-c2cn3ccncc3n2)c(C)s1. The van der Waals surface area contributed by atoms with Crippen LogP contribution in [0.25, 0.3) is 17.0 Å². The van der Waals surface area contributed by atoms with Crippen molar-refractivity contribution in [3.63, 3.8) is 0 Å². The van der Waals surface area contributed by atoms with Crippen molar-refractivity contribution >= 4 is 17.0 Å². The molecule has 0 aromatic carbocycles. The fourth-order valence-electron chi connectivity index (χ4n) is 1.72. The number of aromatic nitrogens is 4. The van der Waals surface area contributed by atoms with Crippen molar-refractivity contribution in [2.24, 2.45) is 0 Å². The van der Waals surface area contributed by atoms with E-state index in [1.165, 1.54) is 4.88 Å². The average Bonchev–Trinajstić information content (AvgIpc) is 2.81. The molecule has 0 bridgehead atoms. The van der Waals surface area contributed by atoms with Crippen LogP contribution in [0.2, 0.25) is 0 Å². The van der Waals surface area contributed by atoms with Crippen molar-refractivity contribution in [2.75, 3.05) is 0 Å². The highest BCUT2D eigenvalue weighted by molar-refractivity contribution is 7.11. The number of fused-ring (bicyclic) bond motifs is 1. The van der Waals surface area contributed by atoms with Crippen LogP contribution in [0, 0.1) is 13.8 Å². The van der Waals surface area contributed by atoms with Gasteiger partial charge in [-0.1, -0.05) is 0 Å². The maximum absolute atomic E-state index is 4.50. The summed E-state index contributed by atoms with van der Waals surface area (Å²) in [5.74, 6) is 0. The van der Waals surface area contributed by atoms with Crippen molar-refractivity contribution in [3.8, 4) is 11.4 Å². The molecule has 0 fully saturated rings. The van der Waals surface area contributed by atoms with Crippen molar-refractivity contribution < 1.29 is 0 Å². The molecule has 4 nitrogen and oxygen atoms in total. The summed E-state index contributed by atoms with van der Waals surface area (Å²) >= 11 is 1.70. The number of hydrogen-bond acceptors (Lipinski definition) is 4. The quantitative estimate of drug-likeness (QED) is 0.645. The van der Waals surface area contributed by atoms with Gasteiger partial charge in [0.1, 0.15) is 11.4 Å². The third-order valence-corrected chi connectivity index (χ3v) is 3.30. The summed E-state index contributed by atoms with van der Waals surface area (Å²) in [4.78, 5) is 14.2. The smallest absolute Gasteiger partial charge is 0.156 e. The fourth-order valence-corrected chi connectivity index (χ4v) is 2.55. The summed E-state index contributed by atoms with van der Waals surface area (Å²) in [6, 6.07) is 0. The van der Waals surface area contributed by atoms with Crippen LogP contribution in [0.4, 0.5) is 0 Å². The Bertz CT molecular complexity index is 620. The molecule has 0 aliphatic carbocycles. The van der Waals surface area contributed by atoms with E-state index in [0.29, 0.717) is 0 Å². The van der Waals surface area contributed by atoms with E-state index in [1.54, 1.807) is 23.7 Å². The molecule has 0 saturated heterocycles. The van der Waals surface area contributed by atoms with Crippen LogP contribution in [-0.2, 0) is 0 Å². The summed E-state index contributed by atoms with van der Waals surface area (Å²) in [5.41, 5.74) is 2.74. The highest BCUT2D eigenvalue weighted by atomic mass is 32.1. The first-order valence-electron chi connectivity index (χ1n) is 4.97. The minimum atomic E-state index is 0.850. The van der Waals surface area contributed by atoms with E-state index in [9.17, 15) is 0 Å². The topological polar surface area (TPSA) is 43.1 Å².